The number of ether oxygens (including phenoxy) is 1. The second-order valence-electron chi connectivity index (χ2n) is 4.58. The summed E-state index contributed by atoms with van der Waals surface area (Å²) in [6.45, 7) is 4.14. The van der Waals surface area contributed by atoms with Crippen LogP contribution in [0.15, 0.2) is 18.2 Å². The number of hydrogen-bond acceptors (Lipinski definition) is 6. The van der Waals surface area contributed by atoms with Gasteiger partial charge in [0.05, 0.1) is 19.1 Å². The van der Waals surface area contributed by atoms with E-state index in [9.17, 15) is 20.1 Å². The number of aliphatic hydroxyl groups excluding tert-OH is 1. The number of carbonyl (C=O) groups is 1. The van der Waals surface area contributed by atoms with Gasteiger partial charge in [0.1, 0.15) is 0 Å². The van der Waals surface area contributed by atoms with Crippen LogP contribution in [0.25, 0.3) is 0 Å². The van der Waals surface area contributed by atoms with Gasteiger partial charge >= 0.3 is 5.97 Å². The molecule has 6 nitrogen and oxygen atoms in total. The Morgan fingerprint density at radius 2 is 2.05 bits per heavy atom. The van der Waals surface area contributed by atoms with Gasteiger partial charge < -0.3 is 25.4 Å². The third-order valence-corrected chi connectivity index (χ3v) is 2.82. The lowest BCUT2D eigenvalue weighted by atomic mass is 10.1. The fourth-order valence-corrected chi connectivity index (χ4v) is 1.72. The fraction of sp³-hybridized carbons (Fsp3) is 0.500. The molecule has 2 atom stereocenters. The molecule has 0 spiro atoms. The van der Waals surface area contributed by atoms with E-state index in [1.807, 2.05) is 6.92 Å². The predicted octanol–water partition coefficient (Wildman–Crippen LogP) is 1.06. The average Bonchev–Trinajstić information content (AvgIpc) is 2.39. The summed E-state index contributed by atoms with van der Waals surface area (Å²) in [6, 6.07) is 4.01. The van der Waals surface area contributed by atoms with Gasteiger partial charge in [-0.05, 0) is 31.5 Å². The summed E-state index contributed by atoms with van der Waals surface area (Å²) in [4.78, 5) is 11.3. The van der Waals surface area contributed by atoms with Crippen molar-refractivity contribution in [3.8, 4) is 11.5 Å². The third kappa shape index (κ3) is 5.07. The van der Waals surface area contributed by atoms with Crippen LogP contribution in [0, 0.1) is 0 Å². The first-order valence-electron chi connectivity index (χ1n) is 6.53. The van der Waals surface area contributed by atoms with Gasteiger partial charge in [-0.2, -0.15) is 0 Å². The SMILES string of the molecule is CCOC(=O)CC(C)NCC(O)c1ccc(O)c(O)c1. The second-order valence-corrected chi connectivity index (χ2v) is 4.58. The average molecular weight is 283 g/mol. The minimum Gasteiger partial charge on any atom is -0.504 e. The Labute approximate surface area is 118 Å². The Bertz CT molecular complexity index is 449. The zero-order valence-electron chi connectivity index (χ0n) is 11.7. The quantitative estimate of drug-likeness (QED) is 0.441. The Hall–Kier alpha value is -1.79. The lowest BCUT2D eigenvalue weighted by molar-refractivity contribution is -0.143. The summed E-state index contributed by atoms with van der Waals surface area (Å²) in [6.07, 6.45) is -0.618. The molecule has 1 rings (SSSR count). The van der Waals surface area contributed by atoms with Gasteiger partial charge in [-0.1, -0.05) is 6.07 Å². The summed E-state index contributed by atoms with van der Waals surface area (Å²) in [5.41, 5.74) is 0.483. The Morgan fingerprint density at radius 1 is 1.35 bits per heavy atom. The topological polar surface area (TPSA) is 99.0 Å². The third-order valence-electron chi connectivity index (χ3n) is 2.82. The number of benzene rings is 1. The first kappa shape index (κ1) is 16.3. The number of phenolic OH excluding ortho intramolecular Hbond substituents is 2. The van der Waals surface area contributed by atoms with Crippen LogP contribution in [0.4, 0.5) is 0 Å². The van der Waals surface area contributed by atoms with Crippen LogP contribution in [0.5, 0.6) is 11.5 Å². The van der Waals surface area contributed by atoms with Crippen LogP contribution in [0.1, 0.15) is 31.9 Å². The van der Waals surface area contributed by atoms with Crippen molar-refractivity contribution in [3.05, 3.63) is 23.8 Å². The molecule has 20 heavy (non-hydrogen) atoms. The van der Waals surface area contributed by atoms with Crippen LogP contribution < -0.4 is 5.32 Å². The maximum Gasteiger partial charge on any atom is 0.307 e. The number of nitrogens with one attached hydrogen (secondary N) is 1. The van der Waals surface area contributed by atoms with Gasteiger partial charge in [-0.15, -0.1) is 0 Å². The molecule has 0 fully saturated rings. The van der Waals surface area contributed by atoms with Crippen LogP contribution in [0.3, 0.4) is 0 Å². The second kappa shape index (κ2) is 7.72. The van der Waals surface area contributed by atoms with Crippen molar-refractivity contribution < 1.29 is 24.9 Å². The summed E-state index contributed by atoms with van der Waals surface area (Å²) < 4.78 is 4.83. The molecule has 0 aliphatic carbocycles. The molecule has 1 aromatic carbocycles. The Kier molecular flexibility index (Phi) is 6.27. The number of carbonyl (C=O) groups excluding carboxylic acids is 1. The molecule has 0 aliphatic heterocycles. The minimum absolute atomic E-state index is 0.130. The number of hydrogen-bond donors (Lipinski definition) is 4. The number of rotatable bonds is 7. The van der Waals surface area contributed by atoms with Crippen molar-refractivity contribution in [3.63, 3.8) is 0 Å². The van der Waals surface area contributed by atoms with Gasteiger partial charge in [0.15, 0.2) is 11.5 Å². The lowest BCUT2D eigenvalue weighted by Gasteiger charge is -2.17. The molecule has 0 amide bonds. The van der Waals surface area contributed by atoms with Gasteiger partial charge in [-0.25, -0.2) is 0 Å². The molecular formula is C14H21NO5. The van der Waals surface area contributed by atoms with Crippen LogP contribution in [-0.2, 0) is 9.53 Å². The molecule has 0 aliphatic rings. The molecule has 6 heteroatoms. The molecule has 0 saturated heterocycles. The molecule has 112 valence electrons. The molecule has 0 bridgehead atoms. The fourth-order valence-electron chi connectivity index (χ4n) is 1.72. The summed E-state index contributed by atoms with van der Waals surface area (Å²) in [5, 5.41) is 31.5. The maximum atomic E-state index is 11.3. The number of esters is 1. The van der Waals surface area contributed by atoms with Crippen molar-refractivity contribution in [1.82, 2.24) is 5.32 Å². The summed E-state index contributed by atoms with van der Waals surface area (Å²) in [5.74, 6) is -0.796. The highest BCUT2D eigenvalue weighted by atomic mass is 16.5. The van der Waals surface area contributed by atoms with Crippen molar-refractivity contribution in [2.24, 2.45) is 0 Å². The highest BCUT2D eigenvalue weighted by Gasteiger charge is 2.14. The van der Waals surface area contributed by atoms with E-state index in [-0.39, 0.29) is 36.5 Å². The van der Waals surface area contributed by atoms with E-state index in [1.165, 1.54) is 18.2 Å². The van der Waals surface area contributed by atoms with E-state index < -0.39 is 6.10 Å². The minimum atomic E-state index is -0.842. The first-order valence-corrected chi connectivity index (χ1v) is 6.53. The van der Waals surface area contributed by atoms with E-state index in [4.69, 9.17) is 4.74 Å². The van der Waals surface area contributed by atoms with Crippen molar-refractivity contribution in [2.75, 3.05) is 13.2 Å². The van der Waals surface area contributed by atoms with Gasteiger partial charge in [0, 0.05) is 12.6 Å². The molecule has 0 aromatic heterocycles. The van der Waals surface area contributed by atoms with E-state index in [1.54, 1.807) is 6.92 Å². The van der Waals surface area contributed by atoms with E-state index in [2.05, 4.69) is 5.32 Å². The van der Waals surface area contributed by atoms with Crippen LogP contribution in [-0.4, -0.2) is 40.5 Å². The molecule has 4 N–H and O–H groups in total. The number of aromatic hydroxyl groups is 2. The van der Waals surface area contributed by atoms with Crippen LogP contribution in [0.2, 0.25) is 0 Å². The molecule has 0 radical (unpaired) electrons. The van der Waals surface area contributed by atoms with Crippen molar-refractivity contribution >= 4 is 5.97 Å². The monoisotopic (exact) mass is 283 g/mol. The van der Waals surface area contributed by atoms with Gasteiger partial charge in [0.25, 0.3) is 0 Å². The summed E-state index contributed by atoms with van der Waals surface area (Å²) >= 11 is 0. The molecule has 1 aromatic rings. The van der Waals surface area contributed by atoms with E-state index in [0.717, 1.165) is 0 Å². The smallest absolute Gasteiger partial charge is 0.307 e. The number of aliphatic hydroxyl groups is 1. The lowest BCUT2D eigenvalue weighted by Crippen LogP contribution is -2.32. The first-order chi connectivity index (χ1) is 9.43. The zero-order chi connectivity index (χ0) is 15.1. The summed E-state index contributed by atoms with van der Waals surface area (Å²) in [7, 11) is 0. The molecule has 2 unspecified atom stereocenters. The molecule has 0 saturated carbocycles. The highest BCUT2D eigenvalue weighted by molar-refractivity contribution is 5.70. The van der Waals surface area contributed by atoms with Crippen molar-refractivity contribution in [2.45, 2.75) is 32.4 Å². The normalized spacial score (nSPS) is 13.8. The molecule has 0 heterocycles. The number of phenols is 2. The van der Waals surface area contributed by atoms with Gasteiger partial charge in [0.2, 0.25) is 0 Å². The Morgan fingerprint density at radius 3 is 2.65 bits per heavy atom. The van der Waals surface area contributed by atoms with Crippen molar-refractivity contribution in [1.29, 1.82) is 0 Å². The predicted molar refractivity (Wildman–Crippen MR) is 73.4 cm³/mol. The van der Waals surface area contributed by atoms with Crippen LogP contribution >= 0.6 is 0 Å². The standard InChI is InChI=1S/C14H21NO5/c1-3-20-14(19)6-9(2)15-8-13(18)10-4-5-11(16)12(17)7-10/h4-5,7,9,13,15-18H,3,6,8H2,1-2H3. The Balaban J connectivity index is 2.44. The maximum absolute atomic E-state index is 11.3. The van der Waals surface area contributed by atoms with Gasteiger partial charge in [-0.3, -0.25) is 4.79 Å². The van der Waals surface area contributed by atoms with E-state index in [0.29, 0.717) is 12.2 Å². The zero-order valence-corrected chi connectivity index (χ0v) is 11.7. The largest absolute Gasteiger partial charge is 0.504 e. The highest BCUT2D eigenvalue weighted by Crippen LogP contribution is 2.27. The van der Waals surface area contributed by atoms with E-state index >= 15 is 0 Å². The molecular weight excluding hydrogens is 262 g/mol.